The molecule has 0 atom stereocenters. The molecule has 1 heteroatoms. The van der Waals surface area contributed by atoms with Crippen LogP contribution in [0, 0.1) is 0 Å². The van der Waals surface area contributed by atoms with Crippen LogP contribution in [0.1, 0.15) is 11.1 Å². The highest BCUT2D eigenvalue weighted by Gasteiger charge is 2.20. The van der Waals surface area contributed by atoms with Gasteiger partial charge in [0.05, 0.1) is 5.52 Å². The minimum absolute atomic E-state index is 1.04. The molecule has 1 nitrogen and oxygen atoms in total. The van der Waals surface area contributed by atoms with Gasteiger partial charge in [0.1, 0.15) is 0 Å². The summed E-state index contributed by atoms with van der Waals surface area (Å²) >= 11 is 0. The summed E-state index contributed by atoms with van der Waals surface area (Å²) < 4.78 is 0. The lowest BCUT2D eigenvalue weighted by molar-refractivity contribution is 1.27. The summed E-state index contributed by atoms with van der Waals surface area (Å²) in [4.78, 5) is 3.68. The van der Waals surface area contributed by atoms with Gasteiger partial charge in [-0.15, -0.1) is 0 Å². The molecular formula is C23H15N. The van der Waals surface area contributed by atoms with Crippen molar-refractivity contribution in [2.75, 3.05) is 0 Å². The molecule has 0 saturated carbocycles. The van der Waals surface area contributed by atoms with E-state index >= 15 is 0 Å². The Morgan fingerprint density at radius 3 is 2.50 bits per heavy atom. The van der Waals surface area contributed by atoms with Crippen molar-refractivity contribution < 1.29 is 0 Å². The number of H-pyrrole nitrogens is 1. The quantitative estimate of drug-likeness (QED) is 0.352. The van der Waals surface area contributed by atoms with Gasteiger partial charge < -0.3 is 4.98 Å². The van der Waals surface area contributed by atoms with E-state index in [-0.39, 0.29) is 0 Å². The van der Waals surface area contributed by atoms with Crippen LogP contribution in [0.4, 0.5) is 0 Å². The Morgan fingerprint density at radius 1 is 0.625 bits per heavy atom. The summed E-state index contributed by atoms with van der Waals surface area (Å²) in [5.41, 5.74) is 8.14. The van der Waals surface area contributed by atoms with E-state index in [1.807, 2.05) is 0 Å². The first-order valence-electron chi connectivity index (χ1n) is 8.43. The molecule has 0 spiro atoms. The molecule has 4 aromatic carbocycles. The molecule has 1 N–H and O–H groups in total. The van der Waals surface area contributed by atoms with Gasteiger partial charge in [0.25, 0.3) is 0 Å². The normalized spacial score (nSPS) is 12.8. The molecular weight excluding hydrogens is 290 g/mol. The van der Waals surface area contributed by atoms with Crippen molar-refractivity contribution in [2.24, 2.45) is 0 Å². The predicted octanol–water partition coefficient (Wildman–Crippen LogP) is 6.05. The van der Waals surface area contributed by atoms with E-state index in [1.54, 1.807) is 0 Å². The average molecular weight is 305 g/mol. The van der Waals surface area contributed by atoms with Crippen molar-refractivity contribution in [1.82, 2.24) is 4.98 Å². The largest absolute Gasteiger partial charge is 0.354 e. The third-order valence-corrected chi connectivity index (χ3v) is 5.41. The first-order valence-corrected chi connectivity index (χ1v) is 8.43. The molecule has 24 heavy (non-hydrogen) atoms. The smallest absolute Gasteiger partial charge is 0.0544 e. The lowest BCUT2D eigenvalue weighted by Gasteiger charge is -2.01. The van der Waals surface area contributed by atoms with Crippen molar-refractivity contribution in [2.45, 2.75) is 6.42 Å². The fraction of sp³-hybridized carbons (Fsp3) is 0.0435. The van der Waals surface area contributed by atoms with Gasteiger partial charge in [-0.3, -0.25) is 0 Å². The minimum Gasteiger partial charge on any atom is -0.354 e. The highest BCUT2D eigenvalue weighted by molar-refractivity contribution is 6.17. The molecule has 0 unspecified atom stereocenters. The number of nitrogens with one attached hydrogen (secondary N) is 1. The number of hydrogen-bond acceptors (Lipinski definition) is 0. The van der Waals surface area contributed by atoms with Gasteiger partial charge in [0.15, 0.2) is 0 Å². The standard InChI is InChI=1S/C23H15N/c1-4-8-18-14(5-1)9-10-19-21-12-16-11-15-6-2-3-7-17(15)20(16)13-22(21)24-23(18)19/h1-10,12-13,24H,11H2. The highest BCUT2D eigenvalue weighted by atomic mass is 14.7. The molecule has 0 fully saturated rings. The topological polar surface area (TPSA) is 15.8 Å². The van der Waals surface area contributed by atoms with E-state index in [4.69, 9.17) is 0 Å². The van der Waals surface area contributed by atoms with Crippen LogP contribution in [-0.4, -0.2) is 4.98 Å². The fourth-order valence-electron chi connectivity index (χ4n) is 4.28. The van der Waals surface area contributed by atoms with Gasteiger partial charge in [0, 0.05) is 21.7 Å². The third-order valence-electron chi connectivity index (χ3n) is 5.41. The monoisotopic (exact) mass is 305 g/mol. The molecule has 0 amide bonds. The molecule has 1 heterocycles. The Kier molecular flexibility index (Phi) is 2.20. The van der Waals surface area contributed by atoms with E-state index in [1.165, 1.54) is 54.8 Å². The summed E-state index contributed by atoms with van der Waals surface area (Å²) in [5, 5.41) is 5.24. The zero-order valence-electron chi connectivity index (χ0n) is 13.1. The Hall–Kier alpha value is -3.06. The molecule has 5 aromatic rings. The second-order valence-corrected chi connectivity index (χ2v) is 6.72. The molecule has 0 radical (unpaired) electrons. The maximum Gasteiger partial charge on any atom is 0.0544 e. The fourth-order valence-corrected chi connectivity index (χ4v) is 4.28. The molecule has 1 aromatic heterocycles. The minimum atomic E-state index is 1.04. The number of fused-ring (bicyclic) bond motifs is 8. The molecule has 1 aliphatic rings. The van der Waals surface area contributed by atoms with E-state index in [0.717, 1.165) is 6.42 Å². The van der Waals surface area contributed by atoms with E-state index in [9.17, 15) is 0 Å². The lowest BCUT2D eigenvalue weighted by Crippen LogP contribution is -1.80. The first-order chi connectivity index (χ1) is 11.9. The number of aromatic nitrogens is 1. The Bertz CT molecular complexity index is 1270. The van der Waals surface area contributed by atoms with E-state index < -0.39 is 0 Å². The van der Waals surface area contributed by atoms with Crippen molar-refractivity contribution in [1.29, 1.82) is 0 Å². The second kappa shape index (κ2) is 4.27. The van der Waals surface area contributed by atoms with Gasteiger partial charge in [-0.2, -0.15) is 0 Å². The van der Waals surface area contributed by atoms with Crippen LogP contribution in [-0.2, 0) is 6.42 Å². The van der Waals surface area contributed by atoms with Gasteiger partial charge in [-0.1, -0.05) is 60.7 Å². The van der Waals surface area contributed by atoms with Crippen LogP contribution in [0.15, 0.2) is 72.8 Å². The Morgan fingerprint density at radius 2 is 1.50 bits per heavy atom. The lowest BCUT2D eigenvalue weighted by atomic mass is 10.0. The summed E-state index contributed by atoms with van der Waals surface area (Å²) in [7, 11) is 0. The van der Waals surface area contributed by atoms with E-state index in [0.29, 0.717) is 0 Å². The van der Waals surface area contributed by atoms with E-state index in [2.05, 4.69) is 77.8 Å². The third kappa shape index (κ3) is 1.49. The average Bonchev–Trinajstić information content (AvgIpc) is 3.17. The zero-order valence-corrected chi connectivity index (χ0v) is 13.1. The van der Waals surface area contributed by atoms with Crippen molar-refractivity contribution in [3.05, 3.63) is 83.9 Å². The van der Waals surface area contributed by atoms with Crippen molar-refractivity contribution in [3.63, 3.8) is 0 Å². The maximum atomic E-state index is 3.68. The van der Waals surface area contributed by atoms with Crippen molar-refractivity contribution in [3.8, 4) is 11.1 Å². The zero-order chi connectivity index (χ0) is 15.7. The number of benzene rings is 4. The summed E-state index contributed by atoms with van der Waals surface area (Å²) in [6.45, 7) is 0. The van der Waals surface area contributed by atoms with Gasteiger partial charge in [-0.25, -0.2) is 0 Å². The molecule has 0 aliphatic heterocycles. The first kappa shape index (κ1) is 12.4. The van der Waals surface area contributed by atoms with Crippen LogP contribution in [0.5, 0.6) is 0 Å². The Labute approximate surface area is 139 Å². The van der Waals surface area contributed by atoms with Crippen LogP contribution < -0.4 is 0 Å². The Balaban J connectivity index is 1.74. The van der Waals surface area contributed by atoms with Gasteiger partial charge in [-0.05, 0) is 46.2 Å². The van der Waals surface area contributed by atoms with Crippen LogP contribution in [0.2, 0.25) is 0 Å². The van der Waals surface area contributed by atoms with Gasteiger partial charge >= 0.3 is 0 Å². The van der Waals surface area contributed by atoms with Crippen LogP contribution in [0.25, 0.3) is 43.7 Å². The molecule has 6 rings (SSSR count). The SMILES string of the molecule is c1ccc2c(c1)Cc1cc3c(cc1-2)[nH]c1c2ccccc2ccc31. The summed E-state index contributed by atoms with van der Waals surface area (Å²) in [6, 6.07) is 26.6. The molecule has 0 saturated heterocycles. The predicted molar refractivity (Wildman–Crippen MR) is 102 cm³/mol. The number of aromatic amines is 1. The summed E-state index contributed by atoms with van der Waals surface area (Å²) in [6.07, 6.45) is 1.04. The highest BCUT2D eigenvalue weighted by Crippen LogP contribution is 2.41. The molecule has 112 valence electrons. The van der Waals surface area contributed by atoms with Crippen LogP contribution >= 0.6 is 0 Å². The van der Waals surface area contributed by atoms with Crippen LogP contribution in [0.3, 0.4) is 0 Å². The number of rotatable bonds is 0. The number of hydrogen-bond donors (Lipinski definition) is 1. The molecule has 0 bridgehead atoms. The summed E-state index contributed by atoms with van der Waals surface area (Å²) in [5.74, 6) is 0. The molecule has 1 aliphatic carbocycles. The second-order valence-electron chi connectivity index (χ2n) is 6.72. The van der Waals surface area contributed by atoms with Crippen molar-refractivity contribution >= 4 is 32.6 Å². The maximum absolute atomic E-state index is 3.68. The van der Waals surface area contributed by atoms with Gasteiger partial charge in [0.2, 0.25) is 0 Å².